The number of carbonyl (C=O) groups excluding carboxylic acids is 2. The molecule has 152 valence electrons. The van der Waals surface area contributed by atoms with E-state index < -0.39 is 0 Å². The topological polar surface area (TPSA) is 53.5 Å². The molecule has 1 aromatic carbocycles. The van der Waals surface area contributed by atoms with Gasteiger partial charge in [0.05, 0.1) is 0 Å². The summed E-state index contributed by atoms with van der Waals surface area (Å²) in [6.07, 6.45) is 7.02. The highest BCUT2D eigenvalue weighted by molar-refractivity contribution is 5.96. The molecule has 2 aliphatic heterocycles. The predicted molar refractivity (Wildman–Crippen MR) is 112 cm³/mol. The van der Waals surface area contributed by atoms with Gasteiger partial charge in [-0.25, -0.2) is 0 Å². The van der Waals surface area contributed by atoms with Crippen molar-refractivity contribution in [1.29, 1.82) is 0 Å². The Hall–Kier alpha value is -2.69. The van der Waals surface area contributed by atoms with E-state index in [1.54, 1.807) is 12.4 Å². The number of likely N-dealkylation sites (tertiary alicyclic amines) is 2. The van der Waals surface area contributed by atoms with Crippen LogP contribution in [0.1, 0.15) is 52.7 Å². The molecule has 0 bridgehead atoms. The van der Waals surface area contributed by atoms with Crippen LogP contribution >= 0.6 is 0 Å². The molecule has 5 heteroatoms. The smallest absolute Gasteiger partial charge is 0.254 e. The van der Waals surface area contributed by atoms with Gasteiger partial charge < -0.3 is 9.80 Å². The zero-order valence-corrected chi connectivity index (χ0v) is 17.4. The molecular formula is C24H29N3O2. The van der Waals surface area contributed by atoms with Crippen LogP contribution in [0.25, 0.3) is 0 Å². The number of benzene rings is 1. The number of aromatic nitrogens is 1. The quantitative estimate of drug-likeness (QED) is 0.801. The SMILES string of the molecule is Cc1ccc(C)c(C(=O)N2CCC3(CCC(=O)N(Cc4ccncc4)C3)CC2)c1. The molecule has 3 heterocycles. The molecule has 4 rings (SSSR count). The molecule has 1 spiro atoms. The summed E-state index contributed by atoms with van der Waals surface area (Å²) >= 11 is 0. The fourth-order valence-electron chi connectivity index (χ4n) is 4.68. The number of nitrogens with zero attached hydrogens (tertiary/aromatic N) is 3. The number of amides is 2. The molecule has 0 unspecified atom stereocenters. The Labute approximate surface area is 172 Å². The van der Waals surface area contributed by atoms with E-state index in [9.17, 15) is 9.59 Å². The van der Waals surface area contributed by atoms with Crippen molar-refractivity contribution >= 4 is 11.8 Å². The molecule has 2 amide bonds. The van der Waals surface area contributed by atoms with Crippen molar-refractivity contribution in [2.75, 3.05) is 19.6 Å². The second-order valence-electron chi connectivity index (χ2n) is 8.72. The van der Waals surface area contributed by atoms with E-state index in [0.29, 0.717) is 13.0 Å². The van der Waals surface area contributed by atoms with Crippen LogP contribution in [-0.2, 0) is 11.3 Å². The lowest BCUT2D eigenvalue weighted by atomic mass is 9.72. The standard InChI is InChI=1S/C24H29N3O2/c1-18-3-4-19(2)21(15-18)23(29)26-13-9-24(10-14-26)8-5-22(28)27(17-24)16-20-6-11-25-12-7-20/h3-4,6-7,11-12,15H,5,8-10,13-14,16-17H2,1-2H3. The Kier molecular flexibility index (Phi) is 5.39. The highest BCUT2D eigenvalue weighted by Crippen LogP contribution is 2.41. The van der Waals surface area contributed by atoms with Gasteiger partial charge in [0.25, 0.3) is 5.91 Å². The van der Waals surface area contributed by atoms with Gasteiger partial charge in [0.15, 0.2) is 0 Å². The minimum Gasteiger partial charge on any atom is -0.339 e. The summed E-state index contributed by atoms with van der Waals surface area (Å²) in [6, 6.07) is 10.0. The third-order valence-corrected chi connectivity index (χ3v) is 6.61. The predicted octanol–water partition coefficient (Wildman–Crippen LogP) is 3.74. The average molecular weight is 392 g/mol. The minimum absolute atomic E-state index is 0.138. The van der Waals surface area contributed by atoms with Crippen molar-refractivity contribution < 1.29 is 9.59 Å². The minimum atomic E-state index is 0.138. The van der Waals surface area contributed by atoms with E-state index in [2.05, 4.69) is 4.98 Å². The second-order valence-corrected chi connectivity index (χ2v) is 8.72. The van der Waals surface area contributed by atoms with E-state index in [1.807, 2.05) is 54.0 Å². The van der Waals surface area contributed by atoms with Gasteiger partial charge in [-0.3, -0.25) is 14.6 Å². The van der Waals surface area contributed by atoms with E-state index in [0.717, 1.165) is 61.2 Å². The van der Waals surface area contributed by atoms with Gasteiger partial charge >= 0.3 is 0 Å². The lowest BCUT2D eigenvalue weighted by Crippen LogP contribution is -2.52. The first-order valence-electron chi connectivity index (χ1n) is 10.5. The first-order valence-corrected chi connectivity index (χ1v) is 10.5. The highest BCUT2D eigenvalue weighted by atomic mass is 16.2. The Balaban J connectivity index is 1.42. The molecule has 0 radical (unpaired) electrons. The molecule has 0 saturated carbocycles. The van der Waals surface area contributed by atoms with Crippen molar-refractivity contribution in [1.82, 2.24) is 14.8 Å². The third-order valence-electron chi connectivity index (χ3n) is 6.61. The highest BCUT2D eigenvalue weighted by Gasteiger charge is 2.41. The fourth-order valence-corrected chi connectivity index (χ4v) is 4.68. The van der Waals surface area contributed by atoms with Crippen LogP contribution in [0.3, 0.4) is 0 Å². The number of piperidine rings is 2. The van der Waals surface area contributed by atoms with Crippen LogP contribution in [0, 0.1) is 19.3 Å². The Morgan fingerprint density at radius 3 is 2.52 bits per heavy atom. The largest absolute Gasteiger partial charge is 0.339 e. The molecular weight excluding hydrogens is 362 g/mol. The zero-order valence-electron chi connectivity index (χ0n) is 17.4. The number of carbonyl (C=O) groups is 2. The Morgan fingerprint density at radius 2 is 1.79 bits per heavy atom. The van der Waals surface area contributed by atoms with Crippen molar-refractivity contribution in [3.05, 3.63) is 65.0 Å². The molecule has 0 aliphatic carbocycles. The third kappa shape index (κ3) is 4.19. The molecule has 5 nitrogen and oxygen atoms in total. The van der Waals surface area contributed by atoms with Gasteiger partial charge in [-0.15, -0.1) is 0 Å². The van der Waals surface area contributed by atoms with E-state index in [1.165, 1.54) is 0 Å². The number of hydrogen-bond donors (Lipinski definition) is 0. The second kappa shape index (κ2) is 7.97. The lowest BCUT2D eigenvalue weighted by molar-refractivity contribution is -0.139. The molecule has 29 heavy (non-hydrogen) atoms. The number of pyridine rings is 1. The van der Waals surface area contributed by atoms with Gasteiger partial charge in [0.2, 0.25) is 5.91 Å². The zero-order chi connectivity index (χ0) is 20.4. The van der Waals surface area contributed by atoms with E-state index in [-0.39, 0.29) is 17.2 Å². The van der Waals surface area contributed by atoms with Crippen LogP contribution in [0.15, 0.2) is 42.7 Å². The van der Waals surface area contributed by atoms with E-state index >= 15 is 0 Å². The lowest BCUT2D eigenvalue weighted by Gasteiger charge is -2.47. The van der Waals surface area contributed by atoms with Crippen LogP contribution in [0.2, 0.25) is 0 Å². The number of hydrogen-bond acceptors (Lipinski definition) is 3. The maximum Gasteiger partial charge on any atom is 0.254 e. The Morgan fingerprint density at radius 1 is 1.07 bits per heavy atom. The van der Waals surface area contributed by atoms with Gasteiger partial charge in [0, 0.05) is 50.6 Å². The molecule has 2 aromatic rings. The van der Waals surface area contributed by atoms with Gasteiger partial charge in [-0.05, 0) is 67.9 Å². The number of rotatable bonds is 3. The maximum atomic E-state index is 13.1. The molecule has 2 fully saturated rings. The van der Waals surface area contributed by atoms with Crippen molar-refractivity contribution in [2.24, 2.45) is 5.41 Å². The summed E-state index contributed by atoms with van der Waals surface area (Å²) in [7, 11) is 0. The summed E-state index contributed by atoms with van der Waals surface area (Å²) in [5.41, 5.74) is 4.23. The monoisotopic (exact) mass is 391 g/mol. The van der Waals surface area contributed by atoms with Crippen molar-refractivity contribution in [3.8, 4) is 0 Å². The van der Waals surface area contributed by atoms with Crippen LogP contribution in [0.4, 0.5) is 0 Å². The summed E-state index contributed by atoms with van der Waals surface area (Å²) in [6.45, 7) is 7.00. The molecule has 0 atom stereocenters. The average Bonchev–Trinajstić information content (AvgIpc) is 2.73. The normalized spacial score (nSPS) is 18.9. The summed E-state index contributed by atoms with van der Waals surface area (Å²) in [5.74, 6) is 0.378. The van der Waals surface area contributed by atoms with E-state index in [4.69, 9.17) is 0 Å². The van der Waals surface area contributed by atoms with Crippen molar-refractivity contribution in [3.63, 3.8) is 0 Å². The first-order chi connectivity index (χ1) is 14.0. The van der Waals surface area contributed by atoms with Gasteiger partial charge in [-0.2, -0.15) is 0 Å². The summed E-state index contributed by atoms with van der Waals surface area (Å²) < 4.78 is 0. The van der Waals surface area contributed by atoms with Gasteiger partial charge in [0.1, 0.15) is 0 Å². The van der Waals surface area contributed by atoms with Crippen LogP contribution in [-0.4, -0.2) is 46.2 Å². The van der Waals surface area contributed by atoms with Crippen molar-refractivity contribution in [2.45, 2.75) is 46.1 Å². The summed E-state index contributed by atoms with van der Waals surface area (Å²) in [4.78, 5) is 33.6. The summed E-state index contributed by atoms with van der Waals surface area (Å²) in [5, 5.41) is 0. The Bertz CT molecular complexity index is 902. The maximum absolute atomic E-state index is 13.1. The molecule has 0 N–H and O–H groups in total. The van der Waals surface area contributed by atoms with Crippen LogP contribution in [0.5, 0.6) is 0 Å². The molecule has 2 saturated heterocycles. The fraction of sp³-hybridized carbons (Fsp3) is 0.458. The van der Waals surface area contributed by atoms with Gasteiger partial charge in [-0.1, -0.05) is 17.7 Å². The number of aryl methyl sites for hydroxylation is 2. The first kappa shape index (κ1) is 19.6. The molecule has 1 aromatic heterocycles. The molecule has 2 aliphatic rings. The van der Waals surface area contributed by atoms with Crippen LogP contribution < -0.4 is 0 Å².